The molecule has 0 aliphatic carbocycles. The maximum absolute atomic E-state index is 12.7. The molecule has 0 unspecified atom stereocenters. The molecular weight excluding hydrogens is 350 g/mol. The molecule has 20 heavy (non-hydrogen) atoms. The van der Waals surface area contributed by atoms with Crippen molar-refractivity contribution in [3.8, 4) is 11.4 Å². The molecule has 2 nitrogen and oxygen atoms in total. The van der Waals surface area contributed by atoms with Gasteiger partial charge in [0, 0.05) is 11.1 Å². The van der Waals surface area contributed by atoms with Gasteiger partial charge in [-0.2, -0.15) is 0 Å². The zero-order valence-corrected chi connectivity index (χ0v) is 13.2. The van der Waals surface area contributed by atoms with E-state index in [1.807, 2.05) is 13.8 Å². The lowest BCUT2D eigenvalue weighted by Gasteiger charge is -2.11. The Bertz CT molecular complexity index is 633. The number of halogens is 4. The van der Waals surface area contributed by atoms with Crippen LogP contribution in [0.3, 0.4) is 0 Å². The van der Waals surface area contributed by atoms with Gasteiger partial charge in [0.2, 0.25) is 0 Å². The molecule has 0 bridgehead atoms. The first-order valence-corrected chi connectivity index (χ1v) is 7.18. The lowest BCUT2D eigenvalue weighted by atomic mass is 10.1. The molecule has 0 atom stereocenters. The molecule has 106 valence electrons. The van der Waals surface area contributed by atoms with Gasteiger partial charge in [-0.1, -0.05) is 43.6 Å². The summed E-state index contributed by atoms with van der Waals surface area (Å²) in [7, 11) is 0. The highest BCUT2D eigenvalue weighted by molar-refractivity contribution is 9.10. The third-order valence-corrected chi connectivity index (χ3v) is 4.06. The Morgan fingerprint density at radius 2 is 1.90 bits per heavy atom. The van der Waals surface area contributed by atoms with Crippen LogP contribution in [-0.2, 0) is 0 Å². The first-order chi connectivity index (χ1) is 9.40. The minimum atomic E-state index is -2.52. The summed E-state index contributed by atoms with van der Waals surface area (Å²) in [5.41, 5.74) is 1.22. The second-order valence-electron chi connectivity index (χ2n) is 4.62. The van der Waals surface area contributed by atoms with Gasteiger partial charge in [0.25, 0.3) is 6.43 Å². The number of rotatable bonds is 3. The molecule has 0 fully saturated rings. The van der Waals surface area contributed by atoms with Crippen LogP contribution in [0.15, 0.2) is 28.7 Å². The summed E-state index contributed by atoms with van der Waals surface area (Å²) in [4.78, 5) is 8.57. The first-order valence-electron chi connectivity index (χ1n) is 6.01. The summed E-state index contributed by atoms with van der Waals surface area (Å²) < 4.78 is 26.1. The minimum absolute atomic E-state index is 0.0590. The van der Waals surface area contributed by atoms with Crippen molar-refractivity contribution in [2.75, 3.05) is 0 Å². The first kappa shape index (κ1) is 15.3. The topological polar surface area (TPSA) is 25.8 Å². The van der Waals surface area contributed by atoms with Gasteiger partial charge in [0.05, 0.1) is 10.2 Å². The maximum Gasteiger partial charge on any atom is 0.263 e. The third kappa shape index (κ3) is 3.15. The Morgan fingerprint density at radius 3 is 2.50 bits per heavy atom. The average molecular weight is 362 g/mol. The summed E-state index contributed by atoms with van der Waals surface area (Å²) in [6.45, 7) is 3.95. The number of benzene rings is 1. The third-order valence-electron chi connectivity index (χ3n) is 2.78. The molecule has 1 aromatic carbocycles. The largest absolute Gasteiger partial charge is 0.263 e. The highest BCUT2D eigenvalue weighted by atomic mass is 79.9. The highest BCUT2D eigenvalue weighted by Crippen LogP contribution is 2.32. The van der Waals surface area contributed by atoms with Crippen LogP contribution in [0.25, 0.3) is 11.4 Å². The summed E-state index contributed by atoms with van der Waals surface area (Å²) in [6.07, 6.45) is -2.52. The van der Waals surface area contributed by atoms with Crippen LogP contribution in [0.4, 0.5) is 8.78 Å². The summed E-state index contributed by atoms with van der Waals surface area (Å²) >= 11 is 9.42. The molecule has 6 heteroatoms. The average Bonchev–Trinajstić information content (AvgIpc) is 2.41. The molecule has 0 radical (unpaired) electrons. The van der Waals surface area contributed by atoms with Crippen LogP contribution >= 0.6 is 27.5 Å². The summed E-state index contributed by atoms with van der Waals surface area (Å²) in [5, 5.41) is 0.279. The fraction of sp³-hybridized carbons (Fsp3) is 0.286. The van der Waals surface area contributed by atoms with Gasteiger partial charge in [0.15, 0.2) is 5.82 Å². The van der Waals surface area contributed by atoms with E-state index in [-0.39, 0.29) is 16.6 Å². The molecule has 0 spiro atoms. The van der Waals surface area contributed by atoms with Gasteiger partial charge in [-0.25, -0.2) is 18.7 Å². The quantitative estimate of drug-likeness (QED) is 0.663. The molecule has 1 heterocycles. The predicted octanol–water partition coefficient (Wildman–Crippen LogP) is 5.62. The standard InChI is InChI=1S/C14H12BrClF2N2/c1-7(2)11-10(15)12(16)20-14(19-11)9-5-3-4-8(6-9)13(17)18/h3-7,13H,1-2H3. The van der Waals surface area contributed by atoms with Crippen LogP contribution in [-0.4, -0.2) is 9.97 Å². The van der Waals surface area contributed by atoms with Crippen molar-refractivity contribution in [3.63, 3.8) is 0 Å². The molecule has 0 amide bonds. The lowest BCUT2D eigenvalue weighted by molar-refractivity contribution is 0.151. The molecule has 0 aliphatic heterocycles. The van der Waals surface area contributed by atoms with Crippen molar-refractivity contribution in [1.29, 1.82) is 0 Å². The lowest BCUT2D eigenvalue weighted by Crippen LogP contribution is -2.00. The SMILES string of the molecule is CC(C)c1nc(-c2cccc(C(F)F)c2)nc(Cl)c1Br. The van der Waals surface area contributed by atoms with Gasteiger partial charge < -0.3 is 0 Å². The molecule has 1 aromatic heterocycles. The molecular formula is C14H12BrClF2N2. The fourth-order valence-corrected chi connectivity index (χ4v) is 2.57. The van der Waals surface area contributed by atoms with E-state index in [9.17, 15) is 8.78 Å². The monoisotopic (exact) mass is 360 g/mol. The van der Waals surface area contributed by atoms with Crippen LogP contribution < -0.4 is 0 Å². The van der Waals surface area contributed by atoms with E-state index in [0.717, 1.165) is 5.69 Å². The van der Waals surface area contributed by atoms with E-state index >= 15 is 0 Å². The van der Waals surface area contributed by atoms with Gasteiger partial charge in [0.1, 0.15) is 5.15 Å². The Balaban J connectivity index is 2.55. The van der Waals surface area contributed by atoms with E-state index in [1.54, 1.807) is 12.1 Å². The molecule has 0 saturated heterocycles. The zero-order valence-electron chi connectivity index (χ0n) is 10.9. The van der Waals surface area contributed by atoms with Crippen molar-refractivity contribution >= 4 is 27.5 Å². The molecule has 0 saturated carbocycles. The second-order valence-corrected chi connectivity index (χ2v) is 5.77. The van der Waals surface area contributed by atoms with Gasteiger partial charge in [-0.15, -0.1) is 0 Å². The van der Waals surface area contributed by atoms with Crippen molar-refractivity contribution in [1.82, 2.24) is 9.97 Å². The number of hydrogen-bond acceptors (Lipinski definition) is 2. The van der Waals surface area contributed by atoms with Crippen molar-refractivity contribution in [3.05, 3.63) is 45.1 Å². The Morgan fingerprint density at radius 1 is 1.20 bits per heavy atom. The van der Waals surface area contributed by atoms with E-state index in [1.165, 1.54) is 12.1 Å². The zero-order chi connectivity index (χ0) is 14.9. The second kappa shape index (κ2) is 6.14. The summed E-state index contributed by atoms with van der Waals surface area (Å²) in [5.74, 6) is 0.492. The molecule has 2 rings (SSSR count). The normalized spacial score (nSPS) is 11.4. The van der Waals surface area contributed by atoms with Crippen LogP contribution in [0.2, 0.25) is 5.15 Å². The van der Waals surface area contributed by atoms with Crippen molar-refractivity contribution in [2.24, 2.45) is 0 Å². The van der Waals surface area contributed by atoms with Crippen LogP contribution in [0.1, 0.15) is 37.4 Å². The van der Waals surface area contributed by atoms with E-state index < -0.39 is 6.43 Å². The van der Waals surface area contributed by atoms with E-state index in [4.69, 9.17) is 11.6 Å². The Labute approximate surface area is 129 Å². The highest BCUT2D eigenvalue weighted by Gasteiger charge is 2.16. The van der Waals surface area contributed by atoms with Crippen molar-refractivity contribution < 1.29 is 8.78 Å². The van der Waals surface area contributed by atoms with Crippen LogP contribution in [0.5, 0.6) is 0 Å². The number of hydrogen-bond donors (Lipinski definition) is 0. The minimum Gasteiger partial charge on any atom is -0.232 e. The van der Waals surface area contributed by atoms with Crippen LogP contribution in [0, 0.1) is 0 Å². The predicted molar refractivity (Wildman–Crippen MR) is 79.2 cm³/mol. The van der Waals surface area contributed by atoms with Gasteiger partial charge in [-0.05, 0) is 27.9 Å². The smallest absolute Gasteiger partial charge is 0.232 e. The number of aromatic nitrogens is 2. The van der Waals surface area contributed by atoms with Gasteiger partial charge >= 0.3 is 0 Å². The van der Waals surface area contributed by atoms with Crippen molar-refractivity contribution in [2.45, 2.75) is 26.2 Å². The van der Waals surface area contributed by atoms with E-state index in [2.05, 4.69) is 25.9 Å². The Hall–Kier alpha value is -1.07. The van der Waals surface area contributed by atoms with E-state index in [0.29, 0.717) is 15.9 Å². The number of nitrogens with zero attached hydrogens (tertiary/aromatic N) is 2. The Kier molecular flexibility index (Phi) is 4.70. The molecule has 0 aliphatic rings. The maximum atomic E-state index is 12.7. The number of alkyl halides is 2. The summed E-state index contributed by atoms with van der Waals surface area (Å²) in [6, 6.07) is 6.01. The van der Waals surface area contributed by atoms with Gasteiger partial charge in [-0.3, -0.25) is 0 Å². The molecule has 0 N–H and O–H groups in total. The fourth-order valence-electron chi connectivity index (χ4n) is 1.76. The molecule has 2 aromatic rings.